The summed E-state index contributed by atoms with van der Waals surface area (Å²) in [6.07, 6.45) is -5.00. The summed E-state index contributed by atoms with van der Waals surface area (Å²) < 4.78 is 74.5. The highest BCUT2D eigenvalue weighted by Gasteiger charge is 2.35. The van der Waals surface area contributed by atoms with E-state index in [9.17, 15) is 31.5 Å². The number of hydrogen-bond acceptors (Lipinski definition) is 6. The zero-order valence-electron chi connectivity index (χ0n) is 23.8. The Labute approximate surface area is 254 Å². The lowest BCUT2D eigenvalue weighted by Crippen LogP contribution is -2.49. The van der Waals surface area contributed by atoms with Crippen molar-refractivity contribution in [3.05, 3.63) is 88.4 Å². The minimum Gasteiger partial charge on any atom is -0.486 e. The Balaban J connectivity index is 1.66. The molecule has 232 valence electrons. The number of carbonyl (C=O) groups is 1. The highest BCUT2D eigenvalue weighted by Crippen LogP contribution is 2.36. The number of sulfonamides is 1. The first-order valence-electron chi connectivity index (χ1n) is 13.5. The molecule has 43 heavy (non-hydrogen) atoms. The predicted molar refractivity (Wildman–Crippen MR) is 158 cm³/mol. The van der Waals surface area contributed by atoms with Crippen LogP contribution < -0.4 is 9.46 Å². The van der Waals surface area contributed by atoms with E-state index >= 15 is 0 Å². The molecule has 8 nitrogen and oxygen atoms in total. The van der Waals surface area contributed by atoms with Crippen LogP contribution >= 0.6 is 11.6 Å². The van der Waals surface area contributed by atoms with Crippen LogP contribution in [0.1, 0.15) is 35.3 Å². The first kappa shape index (κ1) is 32.6. The Kier molecular flexibility index (Phi) is 9.95. The minimum absolute atomic E-state index is 0.0385. The van der Waals surface area contributed by atoms with Crippen molar-refractivity contribution in [1.82, 2.24) is 9.80 Å². The molecule has 4 rings (SSSR count). The van der Waals surface area contributed by atoms with Gasteiger partial charge in [0.2, 0.25) is 0 Å². The number of rotatable bonds is 9. The second kappa shape index (κ2) is 13.1. The number of carbonyl (C=O) groups excluding carboxylic acids is 1. The second-order valence-corrected chi connectivity index (χ2v) is 12.9. The van der Waals surface area contributed by atoms with Crippen molar-refractivity contribution in [3.8, 4) is 5.75 Å². The molecule has 2 N–H and O–H groups in total. The number of para-hydroxylation sites is 1. The second-order valence-electron chi connectivity index (χ2n) is 10.8. The van der Waals surface area contributed by atoms with Crippen LogP contribution in [0.25, 0.3) is 0 Å². The average molecular weight is 640 g/mol. The quantitative estimate of drug-likeness (QED) is 0.320. The average Bonchev–Trinajstić information content (AvgIpc) is 2.94. The number of aliphatic hydroxyl groups is 1. The van der Waals surface area contributed by atoms with Crippen molar-refractivity contribution in [1.29, 1.82) is 0 Å². The molecule has 3 aromatic carbocycles. The third-order valence-corrected chi connectivity index (χ3v) is 8.92. The van der Waals surface area contributed by atoms with E-state index in [4.69, 9.17) is 16.3 Å². The number of ether oxygens (including phenoxy) is 1. The number of alkyl halides is 3. The normalized spacial score (nSPS) is 18.4. The summed E-state index contributed by atoms with van der Waals surface area (Å²) in [5.74, 6) is -0.658. The Hall–Kier alpha value is -3.32. The van der Waals surface area contributed by atoms with E-state index in [1.165, 1.54) is 53.4 Å². The molecule has 0 radical (unpaired) electrons. The Morgan fingerprint density at radius 2 is 1.77 bits per heavy atom. The fourth-order valence-corrected chi connectivity index (χ4v) is 6.03. The first-order chi connectivity index (χ1) is 20.2. The standard InChI is InChI=1S/C30H33ClF3N3O5S/c1-19-15-37(20(2)18-38)29(39)25-5-4-6-26(35-43(40,41)24-13-11-23(31)12-14-24)28(25)42-27(19)17-36(3)16-21-7-9-22(10-8-21)30(32,33)34/h4-14,19-20,27,35,38H,15-18H2,1-3H3/t19-,20-,27+/m0/s1. The molecule has 1 aliphatic heterocycles. The van der Waals surface area contributed by atoms with E-state index < -0.39 is 39.8 Å². The Bertz CT molecular complexity index is 1540. The maximum atomic E-state index is 13.7. The molecule has 0 fully saturated rings. The van der Waals surface area contributed by atoms with Crippen LogP contribution in [0, 0.1) is 5.92 Å². The fraction of sp³-hybridized carbons (Fsp3) is 0.367. The van der Waals surface area contributed by atoms with E-state index in [1.807, 2.05) is 11.8 Å². The molecule has 1 aliphatic rings. The number of nitrogens with one attached hydrogen (secondary N) is 1. The molecule has 0 saturated heterocycles. The number of benzene rings is 3. The molecule has 0 aromatic heterocycles. The Morgan fingerprint density at radius 3 is 2.37 bits per heavy atom. The molecule has 0 spiro atoms. The van der Waals surface area contributed by atoms with E-state index in [-0.39, 0.29) is 41.0 Å². The molecule has 1 heterocycles. The summed E-state index contributed by atoms with van der Waals surface area (Å²) in [6, 6.07) is 14.6. The van der Waals surface area contributed by atoms with Crippen LogP contribution in [0.15, 0.2) is 71.6 Å². The lowest BCUT2D eigenvalue weighted by molar-refractivity contribution is -0.137. The van der Waals surface area contributed by atoms with Crippen LogP contribution in [-0.2, 0) is 22.7 Å². The third kappa shape index (κ3) is 7.80. The molecule has 1 amide bonds. The number of anilines is 1. The zero-order chi connectivity index (χ0) is 31.5. The van der Waals surface area contributed by atoms with Crippen LogP contribution in [0.3, 0.4) is 0 Å². The van der Waals surface area contributed by atoms with Gasteiger partial charge < -0.3 is 14.7 Å². The topological polar surface area (TPSA) is 99.2 Å². The molecule has 3 aromatic rings. The zero-order valence-corrected chi connectivity index (χ0v) is 25.4. The van der Waals surface area contributed by atoms with Crippen LogP contribution in [0.4, 0.5) is 18.9 Å². The maximum absolute atomic E-state index is 13.7. The number of likely N-dealkylation sites (N-methyl/N-ethyl adjacent to an activating group) is 1. The van der Waals surface area contributed by atoms with E-state index in [0.717, 1.165) is 12.1 Å². The van der Waals surface area contributed by atoms with Crippen molar-refractivity contribution in [2.45, 2.75) is 43.6 Å². The highest BCUT2D eigenvalue weighted by atomic mass is 35.5. The number of halogens is 4. The summed E-state index contributed by atoms with van der Waals surface area (Å²) in [5, 5.41) is 10.3. The van der Waals surface area contributed by atoms with E-state index in [0.29, 0.717) is 23.7 Å². The predicted octanol–water partition coefficient (Wildman–Crippen LogP) is 5.51. The van der Waals surface area contributed by atoms with Gasteiger partial charge in [0.05, 0.1) is 34.4 Å². The third-order valence-electron chi connectivity index (χ3n) is 7.28. The molecule has 0 bridgehead atoms. The number of fused-ring (bicyclic) bond motifs is 1. The van der Waals surface area contributed by atoms with Gasteiger partial charge in [-0.1, -0.05) is 36.7 Å². The first-order valence-corrected chi connectivity index (χ1v) is 15.4. The number of aliphatic hydroxyl groups excluding tert-OH is 1. The Morgan fingerprint density at radius 1 is 1.12 bits per heavy atom. The molecule has 0 aliphatic carbocycles. The lowest BCUT2D eigenvalue weighted by atomic mass is 9.99. The van der Waals surface area contributed by atoms with Crippen molar-refractivity contribution < 1.29 is 36.2 Å². The summed E-state index contributed by atoms with van der Waals surface area (Å²) in [5.41, 5.74) is 0.112. The molecule has 0 unspecified atom stereocenters. The summed E-state index contributed by atoms with van der Waals surface area (Å²) in [6.45, 7) is 4.18. The molecular formula is C30H33ClF3N3O5S. The maximum Gasteiger partial charge on any atom is 0.416 e. The van der Waals surface area contributed by atoms with Crippen molar-refractivity contribution in [3.63, 3.8) is 0 Å². The van der Waals surface area contributed by atoms with Gasteiger partial charge in [0, 0.05) is 30.6 Å². The summed E-state index contributed by atoms with van der Waals surface area (Å²) in [7, 11) is -2.30. The highest BCUT2D eigenvalue weighted by molar-refractivity contribution is 7.92. The van der Waals surface area contributed by atoms with Crippen molar-refractivity contribution in [2.75, 3.05) is 31.5 Å². The molecule has 0 saturated carbocycles. The number of amides is 1. The molecular weight excluding hydrogens is 607 g/mol. The molecule has 3 atom stereocenters. The lowest BCUT2D eigenvalue weighted by Gasteiger charge is -2.38. The van der Waals surface area contributed by atoms with Crippen LogP contribution in [-0.4, -0.2) is 68.1 Å². The smallest absolute Gasteiger partial charge is 0.416 e. The van der Waals surface area contributed by atoms with Gasteiger partial charge in [0.25, 0.3) is 15.9 Å². The van der Waals surface area contributed by atoms with Gasteiger partial charge in [-0.15, -0.1) is 0 Å². The van der Waals surface area contributed by atoms with Gasteiger partial charge in [-0.2, -0.15) is 13.2 Å². The van der Waals surface area contributed by atoms with Crippen LogP contribution in [0.5, 0.6) is 5.75 Å². The van der Waals surface area contributed by atoms with E-state index in [2.05, 4.69) is 4.72 Å². The van der Waals surface area contributed by atoms with Gasteiger partial charge >= 0.3 is 6.18 Å². The monoisotopic (exact) mass is 639 g/mol. The fourth-order valence-electron chi connectivity index (χ4n) is 4.84. The molecule has 13 heteroatoms. The van der Waals surface area contributed by atoms with Gasteiger partial charge in [-0.3, -0.25) is 14.4 Å². The van der Waals surface area contributed by atoms with Gasteiger partial charge in [0.1, 0.15) is 6.10 Å². The SMILES string of the molecule is C[C@H]1CN([C@@H](C)CO)C(=O)c2cccc(NS(=O)(=O)c3ccc(Cl)cc3)c2O[C@@H]1CN(C)Cc1ccc(C(F)(F)F)cc1. The van der Waals surface area contributed by atoms with E-state index in [1.54, 1.807) is 20.0 Å². The van der Waals surface area contributed by atoms with Crippen LogP contribution in [0.2, 0.25) is 5.02 Å². The number of nitrogens with zero attached hydrogens (tertiary/aromatic N) is 2. The van der Waals surface area contributed by atoms with Gasteiger partial charge in [-0.25, -0.2) is 8.42 Å². The van der Waals surface area contributed by atoms with Gasteiger partial charge in [-0.05, 0) is 68.1 Å². The summed E-state index contributed by atoms with van der Waals surface area (Å²) in [4.78, 5) is 17.1. The van der Waals surface area contributed by atoms with Crippen molar-refractivity contribution >= 4 is 33.2 Å². The largest absolute Gasteiger partial charge is 0.486 e. The van der Waals surface area contributed by atoms with Gasteiger partial charge in [0.15, 0.2) is 5.75 Å². The van der Waals surface area contributed by atoms with Crippen molar-refractivity contribution in [2.24, 2.45) is 5.92 Å². The summed E-state index contributed by atoms with van der Waals surface area (Å²) >= 11 is 5.92. The minimum atomic E-state index is -4.43. The number of hydrogen-bond donors (Lipinski definition) is 2.